The molecule has 3 amide bonds. The molecule has 2 heterocycles. The van der Waals surface area contributed by atoms with Crippen LogP contribution < -0.4 is 21.7 Å². The zero-order valence-corrected chi connectivity index (χ0v) is 42.1. The van der Waals surface area contributed by atoms with Crippen LogP contribution in [0.15, 0.2) is 36.4 Å². The third kappa shape index (κ3) is 13.2. The molecular formula is C51H72F2N8O5Si. The molecule has 0 spiro atoms. The molecule has 4 aliphatic carbocycles. The Morgan fingerprint density at radius 2 is 1.30 bits per heavy atom. The third-order valence-electron chi connectivity index (χ3n) is 13.5. The van der Waals surface area contributed by atoms with Gasteiger partial charge in [0.25, 0.3) is 0 Å². The number of nitrogens with two attached hydrogens (primary N) is 1. The van der Waals surface area contributed by atoms with Crippen LogP contribution in [0.25, 0.3) is 22.3 Å². The number of carbonyl (C=O) groups is 3. The Bertz CT molecular complexity index is 2380. The maximum atomic E-state index is 15.5. The van der Waals surface area contributed by atoms with Crippen molar-refractivity contribution < 1.29 is 32.6 Å². The van der Waals surface area contributed by atoms with Crippen molar-refractivity contribution in [2.24, 2.45) is 41.2 Å². The van der Waals surface area contributed by atoms with Gasteiger partial charge in [-0.2, -0.15) is 10.2 Å². The van der Waals surface area contributed by atoms with Gasteiger partial charge in [0.1, 0.15) is 30.0 Å². The molecule has 4 aromatic rings. The van der Waals surface area contributed by atoms with Crippen LogP contribution in [-0.4, -0.2) is 70.3 Å². The van der Waals surface area contributed by atoms with Gasteiger partial charge in [-0.3, -0.25) is 14.7 Å². The highest BCUT2D eigenvalue weighted by Gasteiger charge is 2.49. The van der Waals surface area contributed by atoms with Crippen LogP contribution in [0.3, 0.4) is 0 Å². The van der Waals surface area contributed by atoms with E-state index in [2.05, 4.69) is 50.9 Å². The monoisotopic (exact) mass is 943 g/mol. The number of anilines is 2. The normalized spacial score (nSPS) is 17.2. The number of ether oxygens (including phenoxy) is 2. The van der Waals surface area contributed by atoms with Crippen molar-refractivity contribution in [3.63, 3.8) is 0 Å². The fraction of sp³-hybridized carbons (Fsp3) is 0.588. The summed E-state index contributed by atoms with van der Waals surface area (Å²) in [7, 11) is -1.19. The summed E-state index contributed by atoms with van der Waals surface area (Å²) in [4.78, 5) is 38.8. The lowest BCUT2D eigenvalue weighted by Gasteiger charge is -2.29. The van der Waals surface area contributed by atoms with E-state index in [1.807, 2.05) is 27.7 Å². The van der Waals surface area contributed by atoms with Gasteiger partial charge < -0.3 is 31.2 Å². The predicted molar refractivity (Wildman–Crippen MR) is 261 cm³/mol. The Balaban J connectivity index is 0.000000219. The summed E-state index contributed by atoms with van der Waals surface area (Å²) in [5.41, 5.74) is 11.8. The molecule has 2 atom stereocenters. The number of benzene rings is 2. The van der Waals surface area contributed by atoms with Crippen molar-refractivity contribution in [2.75, 3.05) is 17.2 Å². The number of rotatable bonds is 18. The number of hydrogen-bond acceptors (Lipinski definition) is 8. The maximum Gasteiger partial charge on any atom is 0.408 e. The van der Waals surface area contributed by atoms with Gasteiger partial charge in [-0.1, -0.05) is 19.6 Å². The van der Waals surface area contributed by atoms with Crippen LogP contribution in [0, 0.1) is 74.8 Å². The minimum absolute atomic E-state index is 0.0516. The van der Waals surface area contributed by atoms with Crippen molar-refractivity contribution in [3.05, 3.63) is 70.8 Å². The number of aromatic amines is 1. The molecule has 2 aromatic heterocycles. The lowest BCUT2D eigenvalue weighted by Crippen LogP contribution is -2.51. The van der Waals surface area contributed by atoms with E-state index < -0.39 is 37.7 Å². The second kappa shape index (κ2) is 20.3. The maximum absolute atomic E-state index is 15.5. The molecule has 8 rings (SSSR count). The Morgan fingerprint density at radius 3 is 1.76 bits per heavy atom. The number of nitrogens with zero attached hydrogens (tertiary/aromatic N) is 3. The number of carbonyl (C=O) groups excluding carboxylic acids is 3. The highest BCUT2D eigenvalue weighted by molar-refractivity contribution is 6.76. The van der Waals surface area contributed by atoms with Crippen molar-refractivity contribution in [1.82, 2.24) is 25.3 Å². The minimum atomic E-state index is -1.19. The van der Waals surface area contributed by atoms with Gasteiger partial charge in [0.2, 0.25) is 11.8 Å². The SMILES string of the molecule is Cc1n[nH]c(C)c1-c1ccc(NC(=O)[C@@H](N)C(C2CC2)C2CC2)cc1F.Cc1nn(COCC[Si](C)(C)C)c(C)c1-c1ccc(NC(=O)[C@@H](NC(=O)OC(C)(C)C)C(C2CC2)C2CC2)cc1F. The van der Waals surface area contributed by atoms with Gasteiger partial charge in [0, 0.05) is 59.7 Å². The molecular weight excluding hydrogens is 871 g/mol. The molecule has 67 heavy (non-hydrogen) atoms. The van der Waals surface area contributed by atoms with Crippen molar-refractivity contribution in [2.45, 2.75) is 150 Å². The number of amides is 3. The molecule has 6 N–H and O–H groups in total. The molecule has 2 aromatic carbocycles. The van der Waals surface area contributed by atoms with Crippen LogP contribution in [0.1, 0.15) is 94.9 Å². The highest BCUT2D eigenvalue weighted by atomic mass is 28.3. The highest BCUT2D eigenvalue weighted by Crippen LogP contribution is 2.52. The zero-order chi connectivity index (χ0) is 48.5. The molecule has 0 aliphatic heterocycles. The number of aryl methyl sites for hydroxylation is 3. The molecule has 0 saturated heterocycles. The van der Waals surface area contributed by atoms with E-state index in [9.17, 15) is 18.8 Å². The lowest BCUT2D eigenvalue weighted by atomic mass is 9.88. The third-order valence-corrected chi connectivity index (χ3v) is 15.2. The summed E-state index contributed by atoms with van der Waals surface area (Å²) in [6, 6.07) is 9.28. The Labute approximate surface area is 395 Å². The fourth-order valence-electron chi connectivity index (χ4n) is 9.50. The molecule has 4 aliphatic rings. The standard InChI is InChI=1S/C31H47FN4O4Si.C20H25FN4O/c1-19-26(20(2)36(35-19)18-39-15-16-41(6,7)8)24-14-13-23(17-25(24)32)33-29(37)28(34-30(38)40-31(3,4)5)27(21-9-10-21)22-11-12-22;1-10-17(11(2)25-24-10)15-8-7-14(9-16(15)21)23-20(26)19(22)18(12-3-4-12)13-5-6-13/h13-14,17,21-22,27-28H,9-12,15-16,18H2,1-8H3,(H,33,37)(H,34,38);7-9,12-13,18-19H,3-6,22H2,1-2H3,(H,23,26)(H,24,25)/t28-;19-/m00/s1. The smallest absolute Gasteiger partial charge is 0.408 e. The number of hydrogen-bond donors (Lipinski definition) is 5. The van der Waals surface area contributed by atoms with E-state index in [4.69, 9.17) is 15.2 Å². The first-order chi connectivity index (χ1) is 31.6. The summed E-state index contributed by atoms with van der Waals surface area (Å²) < 4.78 is 43.3. The Kier molecular flexibility index (Phi) is 15.2. The van der Waals surface area contributed by atoms with Gasteiger partial charge >= 0.3 is 6.09 Å². The van der Waals surface area contributed by atoms with E-state index in [0.717, 1.165) is 59.9 Å². The summed E-state index contributed by atoms with van der Waals surface area (Å²) in [6.45, 7) is 20.8. The second-order valence-electron chi connectivity index (χ2n) is 21.7. The second-order valence-corrected chi connectivity index (χ2v) is 27.3. The van der Waals surface area contributed by atoms with Crippen LogP contribution in [0.2, 0.25) is 25.7 Å². The lowest BCUT2D eigenvalue weighted by molar-refractivity contribution is -0.120. The van der Waals surface area contributed by atoms with Crippen molar-refractivity contribution >= 4 is 37.4 Å². The number of H-pyrrole nitrogens is 1. The summed E-state index contributed by atoms with van der Waals surface area (Å²) in [5, 5.41) is 20.1. The molecule has 13 nitrogen and oxygen atoms in total. The van der Waals surface area contributed by atoms with E-state index in [0.29, 0.717) is 65.2 Å². The van der Waals surface area contributed by atoms with Gasteiger partial charge in [0.15, 0.2) is 0 Å². The van der Waals surface area contributed by atoms with Crippen molar-refractivity contribution in [1.29, 1.82) is 0 Å². The summed E-state index contributed by atoms with van der Waals surface area (Å²) in [5.74, 6) is 0.938. The average Bonchev–Trinajstić information content (AvgIpc) is 4.03. The van der Waals surface area contributed by atoms with Gasteiger partial charge in [0.05, 0.1) is 17.4 Å². The van der Waals surface area contributed by atoms with Gasteiger partial charge in [-0.25, -0.2) is 18.3 Å². The van der Waals surface area contributed by atoms with Gasteiger partial charge in [-0.05, 0) is 178 Å². The Hall–Kier alpha value is -4.93. The van der Waals surface area contributed by atoms with Crippen molar-refractivity contribution in [3.8, 4) is 22.3 Å². The molecule has 0 radical (unpaired) electrons. The number of nitrogens with one attached hydrogen (secondary N) is 4. The molecule has 364 valence electrons. The van der Waals surface area contributed by atoms with Crippen LogP contribution >= 0.6 is 0 Å². The summed E-state index contributed by atoms with van der Waals surface area (Å²) >= 11 is 0. The first-order valence-electron chi connectivity index (χ1n) is 24.2. The average molecular weight is 943 g/mol. The van der Waals surface area contributed by atoms with E-state index in [1.54, 1.807) is 49.7 Å². The summed E-state index contributed by atoms with van der Waals surface area (Å²) in [6.07, 6.45) is 8.31. The Morgan fingerprint density at radius 1 is 0.791 bits per heavy atom. The van der Waals surface area contributed by atoms with Gasteiger partial charge in [-0.15, -0.1) is 0 Å². The first kappa shape index (κ1) is 50.0. The first-order valence-corrected chi connectivity index (χ1v) is 27.9. The number of alkyl carbamates (subject to hydrolysis) is 1. The molecule has 0 unspecified atom stereocenters. The van der Waals surface area contributed by atoms with Crippen LogP contribution in [0.4, 0.5) is 25.0 Å². The molecule has 16 heteroatoms. The number of aromatic nitrogens is 4. The zero-order valence-electron chi connectivity index (χ0n) is 41.1. The minimum Gasteiger partial charge on any atom is -0.444 e. The molecule has 4 fully saturated rings. The quantitative estimate of drug-likeness (QED) is 0.0483. The van der Waals surface area contributed by atoms with Crippen LogP contribution in [-0.2, 0) is 25.8 Å². The number of halogens is 2. The fourth-order valence-corrected chi connectivity index (χ4v) is 10.3. The van der Waals surface area contributed by atoms with E-state index in [1.165, 1.54) is 37.8 Å². The van der Waals surface area contributed by atoms with E-state index in [-0.39, 0.29) is 29.5 Å². The van der Waals surface area contributed by atoms with E-state index >= 15 is 4.39 Å². The largest absolute Gasteiger partial charge is 0.444 e. The van der Waals surface area contributed by atoms with Crippen LogP contribution in [0.5, 0.6) is 0 Å². The topological polar surface area (TPSA) is 178 Å². The molecule has 0 bridgehead atoms. The predicted octanol–water partition coefficient (Wildman–Crippen LogP) is 10.4. The molecule has 4 saturated carbocycles.